The molecule has 2 atom stereocenters. The number of carbonyl (C=O) groups excluding carboxylic acids is 1. The Bertz CT molecular complexity index is 1340. The van der Waals surface area contributed by atoms with Crippen molar-refractivity contribution < 1.29 is 18.3 Å². The van der Waals surface area contributed by atoms with Crippen LogP contribution in [0.3, 0.4) is 0 Å². The van der Waals surface area contributed by atoms with Crippen LogP contribution in [0.25, 0.3) is 10.8 Å². The number of ether oxygens (including phenoxy) is 1. The fraction of sp³-hybridized carbons (Fsp3) is 0.464. The lowest BCUT2D eigenvalue weighted by molar-refractivity contribution is -0.140. The molecule has 2 heterocycles. The van der Waals surface area contributed by atoms with E-state index in [2.05, 4.69) is 15.5 Å². The van der Waals surface area contributed by atoms with E-state index in [1.54, 1.807) is 31.9 Å². The molecule has 0 fully saturated rings. The summed E-state index contributed by atoms with van der Waals surface area (Å²) >= 11 is 0. The highest BCUT2D eigenvalue weighted by atomic mass is 19.3. The Labute approximate surface area is 211 Å². The second-order valence-electron chi connectivity index (χ2n) is 10.0. The Kier molecular flexibility index (Phi) is 6.54. The zero-order valence-electron chi connectivity index (χ0n) is 22.2. The number of halogens is 2. The number of nitrogens with zero attached hydrogens (tertiary/aromatic N) is 3. The number of aryl methyl sites for hydroxylation is 1. The molecule has 1 aliphatic rings. The van der Waals surface area contributed by atoms with Crippen LogP contribution >= 0.6 is 0 Å². The molecule has 1 amide bonds. The number of benzene rings is 2. The van der Waals surface area contributed by atoms with E-state index in [1.807, 2.05) is 39.0 Å². The van der Waals surface area contributed by atoms with Crippen LogP contribution in [0.2, 0.25) is 0 Å². The second kappa shape index (κ2) is 9.07. The number of carbonyl (C=O) groups is 1. The van der Waals surface area contributed by atoms with Crippen LogP contribution in [0.15, 0.2) is 30.3 Å². The lowest BCUT2D eigenvalue weighted by atomic mass is 9.89. The first-order chi connectivity index (χ1) is 16.8. The van der Waals surface area contributed by atoms with Crippen LogP contribution in [0, 0.1) is 19.8 Å². The van der Waals surface area contributed by atoms with Crippen molar-refractivity contribution in [2.45, 2.75) is 66.0 Å². The highest BCUT2D eigenvalue weighted by Gasteiger charge is 2.47. The summed E-state index contributed by atoms with van der Waals surface area (Å²) in [5.41, 5.74) is 2.56. The van der Waals surface area contributed by atoms with Crippen molar-refractivity contribution in [2.75, 3.05) is 23.9 Å². The topological polar surface area (TPSA) is 67.3 Å². The summed E-state index contributed by atoms with van der Waals surface area (Å²) in [5, 5.41) is 13.8. The number of hydrogen-bond donors (Lipinski definition) is 1. The van der Waals surface area contributed by atoms with Crippen LogP contribution in [0.1, 0.15) is 68.6 Å². The molecule has 1 unspecified atom stereocenters. The molecule has 8 heteroatoms. The van der Waals surface area contributed by atoms with Crippen molar-refractivity contribution in [3.05, 3.63) is 58.3 Å². The zero-order valence-corrected chi connectivity index (χ0v) is 22.2. The van der Waals surface area contributed by atoms with Crippen molar-refractivity contribution in [2.24, 2.45) is 5.92 Å². The van der Waals surface area contributed by atoms with Crippen molar-refractivity contribution in [3.63, 3.8) is 0 Å². The molecule has 0 saturated carbocycles. The van der Waals surface area contributed by atoms with Gasteiger partial charge in [-0.1, -0.05) is 32.0 Å². The Morgan fingerprint density at radius 2 is 1.83 bits per heavy atom. The number of nitrogens with one attached hydrogen (secondary N) is 1. The fourth-order valence-corrected chi connectivity index (χ4v) is 5.13. The summed E-state index contributed by atoms with van der Waals surface area (Å²) in [5.74, 6) is -3.35. The molecule has 0 aliphatic carbocycles. The molecule has 0 spiro atoms. The summed E-state index contributed by atoms with van der Waals surface area (Å²) in [6.45, 7) is 12.6. The van der Waals surface area contributed by atoms with Crippen LogP contribution in [0.4, 0.5) is 20.3 Å². The van der Waals surface area contributed by atoms with Gasteiger partial charge in [-0.05, 0) is 57.9 Å². The summed E-state index contributed by atoms with van der Waals surface area (Å²) in [4.78, 5) is 14.7. The number of amides is 1. The van der Waals surface area contributed by atoms with Gasteiger partial charge < -0.3 is 15.0 Å². The van der Waals surface area contributed by atoms with E-state index in [0.717, 1.165) is 33.3 Å². The quantitative estimate of drug-likeness (QED) is 0.410. The molecule has 192 valence electrons. The van der Waals surface area contributed by atoms with Gasteiger partial charge in [0.1, 0.15) is 0 Å². The van der Waals surface area contributed by atoms with Crippen molar-refractivity contribution in [1.82, 2.24) is 10.2 Å². The fourth-order valence-electron chi connectivity index (χ4n) is 5.13. The summed E-state index contributed by atoms with van der Waals surface area (Å²) < 4.78 is 35.7. The maximum absolute atomic E-state index is 14.9. The number of likely N-dealkylation sites (N-methyl/N-ethyl adjacent to an activating group) is 1. The molecular weight excluding hydrogens is 462 g/mol. The molecule has 3 aromatic rings. The van der Waals surface area contributed by atoms with E-state index < -0.39 is 17.4 Å². The van der Waals surface area contributed by atoms with Crippen molar-refractivity contribution in [1.29, 1.82) is 0 Å². The summed E-state index contributed by atoms with van der Waals surface area (Å²) in [6, 6.07) is 8.60. The molecule has 0 bridgehead atoms. The van der Waals surface area contributed by atoms with Crippen LogP contribution in [-0.2, 0) is 21.1 Å². The molecule has 1 aliphatic heterocycles. The second-order valence-corrected chi connectivity index (χ2v) is 10.0. The average molecular weight is 497 g/mol. The Hall–Kier alpha value is -3.13. The Morgan fingerprint density at radius 3 is 2.47 bits per heavy atom. The predicted molar refractivity (Wildman–Crippen MR) is 139 cm³/mol. The Morgan fingerprint density at radius 1 is 1.14 bits per heavy atom. The van der Waals surface area contributed by atoms with E-state index in [9.17, 15) is 13.6 Å². The minimum absolute atomic E-state index is 0.0386. The van der Waals surface area contributed by atoms with Gasteiger partial charge in [0.05, 0.1) is 17.4 Å². The van der Waals surface area contributed by atoms with Crippen LogP contribution in [0.5, 0.6) is 0 Å². The number of fused-ring (bicyclic) bond motifs is 2. The first-order valence-corrected chi connectivity index (χ1v) is 12.3. The third kappa shape index (κ3) is 3.92. The number of aromatic nitrogens is 2. The first kappa shape index (κ1) is 25.9. The molecule has 6 nitrogen and oxygen atoms in total. The highest BCUT2D eigenvalue weighted by molar-refractivity contribution is 6.10. The largest absolute Gasteiger partial charge is 0.362 e. The van der Waals surface area contributed by atoms with E-state index in [4.69, 9.17) is 4.74 Å². The first-order valence-electron chi connectivity index (χ1n) is 12.3. The van der Waals surface area contributed by atoms with Gasteiger partial charge in [-0.2, -0.15) is 5.10 Å². The van der Waals surface area contributed by atoms with E-state index in [0.29, 0.717) is 18.0 Å². The molecule has 0 radical (unpaired) electrons. The lowest BCUT2D eigenvalue weighted by Gasteiger charge is -2.26. The zero-order chi connectivity index (χ0) is 26.6. The average Bonchev–Trinajstić information content (AvgIpc) is 3.01. The van der Waals surface area contributed by atoms with Crippen molar-refractivity contribution in [3.8, 4) is 0 Å². The molecular formula is C28H34F2N4O2. The molecule has 4 rings (SSSR count). The third-order valence-electron chi connectivity index (χ3n) is 7.38. The summed E-state index contributed by atoms with van der Waals surface area (Å²) in [7, 11) is 1.73. The van der Waals surface area contributed by atoms with E-state index >= 15 is 0 Å². The summed E-state index contributed by atoms with van der Waals surface area (Å²) in [6.07, 6.45) is 0. The Balaban J connectivity index is 1.79. The van der Waals surface area contributed by atoms with Gasteiger partial charge in [-0.15, -0.1) is 5.10 Å². The maximum Gasteiger partial charge on any atom is 0.275 e. The van der Waals surface area contributed by atoms with Gasteiger partial charge in [0.15, 0.2) is 11.4 Å². The highest BCUT2D eigenvalue weighted by Crippen LogP contribution is 2.45. The number of alkyl halides is 2. The number of anilines is 2. The predicted octanol–water partition coefficient (Wildman–Crippen LogP) is 6.40. The monoisotopic (exact) mass is 496 g/mol. The SMILES string of the molecule is CCOC1(C)C(=O)N(C)c2cc3c(N[C@H](C)c4cccc(C(F)(F)C(C)C)c4C)nnc(C)c3cc21. The van der Waals surface area contributed by atoms with Crippen LogP contribution in [-0.4, -0.2) is 29.8 Å². The minimum atomic E-state index is -2.93. The van der Waals surface area contributed by atoms with Gasteiger partial charge in [-0.3, -0.25) is 4.79 Å². The smallest absolute Gasteiger partial charge is 0.275 e. The molecule has 1 N–H and O–H groups in total. The van der Waals surface area contributed by atoms with Crippen molar-refractivity contribution >= 4 is 28.2 Å². The number of rotatable bonds is 7. The number of hydrogen-bond acceptors (Lipinski definition) is 5. The van der Waals surface area contributed by atoms with E-state index in [-0.39, 0.29) is 17.5 Å². The minimum Gasteiger partial charge on any atom is -0.362 e. The van der Waals surface area contributed by atoms with Gasteiger partial charge in [-0.25, -0.2) is 8.78 Å². The molecule has 0 saturated heterocycles. The van der Waals surface area contributed by atoms with E-state index in [1.165, 1.54) is 19.9 Å². The van der Waals surface area contributed by atoms with Gasteiger partial charge >= 0.3 is 0 Å². The molecule has 36 heavy (non-hydrogen) atoms. The standard InChI is InChI=1S/C28H34F2N4O2/c1-9-36-27(7)23-13-20-18(6)32-33-25(21(20)14-24(23)34(8)26(27)35)31-17(5)19-11-10-12-22(16(19)4)28(29,30)15(2)3/h10-15,17H,9H2,1-8H3,(H,31,33)/t17-,27?/m1/s1. The van der Waals surface area contributed by atoms with Crippen LogP contribution < -0.4 is 10.2 Å². The van der Waals surface area contributed by atoms with Gasteiger partial charge in [0, 0.05) is 41.5 Å². The lowest BCUT2D eigenvalue weighted by Crippen LogP contribution is -2.38. The molecule has 2 aromatic carbocycles. The van der Waals surface area contributed by atoms with Gasteiger partial charge in [0.2, 0.25) is 0 Å². The molecule has 1 aromatic heterocycles. The maximum atomic E-state index is 14.9. The third-order valence-corrected chi connectivity index (χ3v) is 7.38. The van der Waals surface area contributed by atoms with Gasteiger partial charge in [0.25, 0.3) is 11.8 Å². The normalized spacial score (nSPS) is 18.8.